The van der Waals surface area contributed by atoms with Crippen molar-refractivity contribution in [2.75, 3.05) is 0 Å². The molecule has 62 valence electrons. The average molecular weight is 194 g/mol. The predicted molar refractivity (Wildman–Crippen MR) is 49.5 cm³/mol. The maximum Gasteiger partial charge on any atom is 0.0992 e. The Balaban J connectivity index is -0.0000000886. The standard InChI is InChI=1S/C3H3N.C2H2Cl2.C2H4O/c1-2-3-4;1-2(3)4;1-2-3/h2H,1H2;1H2;2-3H,1H2. The van der Waals surface area contributed by atoms with Gasteiger partial charge in [-0.15, -0.1) is 0 Å². The van der Waals surface area contributed by atoms with Gasteiger partial charge in [-0.3, -0.25) is 0 Å². The Bertz CT molecular complexity index is 145. The summed E-state index contributed by atoms with van der Waals surface area (Å²) in [6.45, 7) is 9.12. The highest BCUT2D eigenvalue weighted by Crippen LogP contribution is 1.98. The van der Waals surface area contributed by atoms with Gasteiger partial charge in [-0.1, -0.05) is 42.9 Å². The SMILES string of the molecule is C=C(Cl)Cl.C=CC#N.C=CO. The molecule has 0 aliphatic heterocycles. The van der Waals surface area contributed by atoms with Crippen molar-refractivity contribution < 1.29 is 5.11 Å². The molecule has 0 unspecified atom stereocenters. The van der Waals surface area contributed by atoms with Gasteiger partial charge in [0.1, 0.15) is 0 Å². The first-order valence-corrected chi connectivity index (χ1v) is 3.07. The lowest BCUT2D eigenvalue weighted by molar-refractivity contribution is 0.476. The molecule has 0 saturated carbocycles. The van der Waals surface area contributed by atoms with Crippen molar-refractivity contribution in [1.82, 2.24) is 0 Å². The van der Waals surface area contributed by atoms with Crippen molar-refractivity contribution in [2.24, 2.45) is 0 Å². The molecule has 0 saturated heterocycles. The molecule has 0 aromatic carbocycles. The number of aliphatic hydroxyl groups is 1. The molecule has 0 amide bonds. The third kappa shape index (κ3) is 56400. The van der Waals surface area contributed by atoms with E-state index in [-0.39, 0.29) is 4.49 Å². The molecule has 0 radical (unpaired) electrons. The third-order valence-corrected chi connectivity index (χ3v) is 0.0913. The van der Waals surface area contributed by atoms with E-state index < -0.39 is 0 Å². The molecule has 4 heteroatoms. The molecular weight excluding hydrogens is 185 g/mol. The zero-order valence-corrected chi connectivity index (χ0v) is 7.44. The minimum atomic E-state index is 0.111. The number of hydrogen-bond donors (Lipinski definition) is 1. The first-order chi connectivity index (χ1) is 5.06. The topological polar surface area (TPSA) is 44.0 Å². The lowest BCUT2D eigenvalue weighted by Crippen LogP contribution is -1.25. The number of nitriles is 1. The molecule has 2 nitrogen and oxygen atoms in total. The van der Waals surface area contributed by atoms with E-state index in [4.69, 9.17) is 33.6 Å². The highest BCUT2D eigenvalue weighted by molar-refractivity contribution is 6.55. The van der Waals surface area contributed by atoms with Gasteiger partial charge in [0.2, 0.25) is 0 Å². The van der Waals surface area contributed by atoms with Crippen molar-refractivity contribution in [2.45, 2.75) is 0 Å². The van der Waals surface area contributed by atoms with Crippen molar-refractivity contribution in [3.8, 4) is 6.07 Å². The molecule has 0 atom stereocenters. The summed E-state index contributed by atoms with van der Waals surface area (Å²) < 4.78 is 0.111. The number of halogens is 2. The molecule has 0 bridgehead atoms. The summed E-state index contributed by atoms with van der Waals surface area (Å²) in [5.41, 5.74) is 0. The van der Waals surface area contributed by atoms with Crippen LogP contribution in [0.5, 0.6) is 0 Å². The quantitative estimate of drug-likeness (QED) is 0.474. The van der Waals surface area contributed by atoms with Gasteiger partial charge in [0, 0.05) is 6.08 Å². The van der Waals surface area contributed by atoms with Crippen LogP contribution in [0.25, 0.3) is 0 Å². The second-order valence-corrected chi connectivity index (χ2v) is 1.96. The molecule has 0 aromatic heterocycles. The van der Waals surface area contributed by atoms with E-state index in [1.807, 2.05) is 0 Å². The van der Waals surface area contributed by atoms with Crippen LogP contribution in [-0.2, 0) is 0 Å². The van der Waals surface area contributed by atoms with E-state index >= 15 is 0 Å². The van der Waals surface area contributed by atoms with E-state index in [9.17, 15) is 0 Å². The van der Waals surface area contributed by atoms with E-state index in [0.29, 0.717) is 0 Å². The van der Waals surface area contributed by atoms with Crippen LogP contribution in [0.1, 0.15) is 0 Å². The van der Waals surface area contributed by atoms with Crippen LogP contribution in [0.15, 0.2) is 36.6 Å². The van der Waals surface area contributed by atoms with Gasteiger partial charge in [0.25, 0.3) is 0 Å². The van der Waals surface area contributed by atoms with Crippen molar-refractivity contribution in [3.63, 3.8) is 0 Å². The molecule has 1 N–H and O–H groups in total. The number of rotatable bonds is 0. The van der Waals surface area contributed by atoms with Crippen LogP contribution in [0.2, 0.25) is 0 Å². The smallest absolute Gasteiger partial charge is 0.0992 e. The maximum atomic E-state index is 7.51. The van der Waals surface area contributed by atoms with Crippen molar-refractivity contribution >= 4 is 23.2 Å². The molecular formula is C7H9Cl2NO. The van der Waals surface area contributed by atoms with Gasteiger partial charge in [0.05, 0.1) is 16.8 Å². The van der Waals surface area contributed by atoms with Crippen LogP contribution in [-0.4, -0.2) is 5.11 Å². The highest BCUT2D eigenvalue weighted by atomic mass is 35.5. The van der Waals surface area contributed by atoms with Gasteiger partial charge in [-0.05, 0) is 0 Å². The van der Waals surface area contributed by atoms with E-state index in [0.717, 1.165) is 6.26 Å². The minimum Gasteiger partial charge on any atom is -0.516 e. The Morgan fingerprint density at radius 1 is 1.45 bits per heavy atom. The first kappa shape index (κ1) is 16.6. The second kappa shape index (κ2) is 23.0. The number of nitrogens with zero attached hydrogens (tertiary/aromatic N) is 1. The maximum absolute atomic E-state index is 7.51. The molecule has 0 rings (SSSR count). The Hall–Kier alpha value is -0.910. The second-order valence-electron chi connectivity index (χ2n) is 0.854. The summed E-state index contributed by atoms with van der Waals surface area (Å²) in [7, 11) is 0. The monoisotopic (exact) mass is 193 g/mol. The van der Waals surface area contributed by atoms with Crippen molar-refractivity contribution in [1.29, 1.82) is 5.26 Å². The van der Waals surface area contributed by atoms with Crippen LogP contribution in [0, 0.1) is 11.3 Å². The van der Waals surface area contributed by atoms with Crippen molar-refractivity contribution in [3.05, 3.63) is 36.6 Å². The lowest BCUT2D eigenvalue weighted by Gasteiger charge is -1.57. The largest absolute Gasteiger partial charge is 0.516 e. The Morgan fingerprint density at radius 3 is 1.55 bits per heavy atom. The Morgan fingerprint density at radius 2 is 1.55 bits per heavy atom. The number of hydrogen-bond acceptors (Lipinski definition) is 2. The minimum absolute atomic E-state index is 0.111. The zero-order chi connectivity index (χ0) is 9.70. The third-order valence-electron chi connectivity index (χ3n) is 0.0913. The van der Waals surface area contributed by atoms with Gasteiger partial charge in [0.15, 0.2) is 0 Å². The number of aliphatic hydroxyl groups excluding tert-OH is 1. The average Bonchev–Trinajstić information content (AvgIpc) is 1.88. The Labute approximate surface area is 76.7 Å². The van der Waals surface area contributed by atoms with Crippen LogP contribution < -0.4 is 0 Å². The normalized spacial score (nSPS) is 4.82. The van der Waals surface area contributed by atoms with Gasteiger partial charge >= 0.3 is 0 Å². The summed E-state index contributed by atoms with van der Waals surface area (Å²) >= 11 is 9.69. The molecule has 0 spiro atoms. The van der Waals surface area contributed by atoms with Crippen LogP contribution >= 0.6 is 23.2 Å². The van der Waals surface area contributed by atoms with Gasteiger partial charge < -0.3 is 5.11 Å². The molecule has 0 aliphatic rings. The summed E-state index contributed by atoms with van der Waals surface area (Å²) in [5.74, 6) is 0. The molecule has 0 aromatic rings. The summed E-state index contributed by atoms with van der Waals surface area (Å²) in [4.78, 5) is 0. The first-order valence-electron chi connectivity index (χ1n) is 2.32. The fraction of sp³-hybridized carbons (Fsp3) is 0. The predicted octanol–water partition coefficient (Wildman–Crippen LogP) is 3.32. The van der Waals surface area contributed by atoms with Crippen LogP contribution in [0.3, 0.4) is 0 Å². The zero-order valence-electron chi connectivity index (χ0n) is 5.93. The molecule has 0 fully saturated rings. The number of allylic oxidation sites excluding steroid dienone is 1. The summed E-state index contributed by atoms with van der Waals surface area (Å²) in [5, 5.41) is 14.8. The fourth-order valence-corrected chi connectivity index (χ4v) is 0. The van der Waals surface area contributed by atoms with E-state index in [1.165, 1.54) is 6.08 Å². The molecule has 0 aliphatic carbocycles. The fourth-order valence-electron chi connectivity index (χ4n) is 0. The molecule has 0 heterocycles. The van der Waals surface area contributed by atoms with Gasteiger partial charge in [-0.25, -0.2) is 0 Å². The lowest BCUT2D eigenvalue weighted by atomic mass is 10.8. The van der Waals surface area contributed by atoms with E-state index in [2.05, 4.69) is 19.7 Å². The molecule has 11 heavy (non-hydrogen) atoms. The van der Waals surface area contributed by atoms with Crippen LogP contribution in [0.4, 0.5) is 0 Å². The summed E-state index contributed by atoms with van der Waals surface area (Å²) in [6, 6.07) is 1.69. The summed E-state index contributed by atoms with van der Waals surface area (Å²) in [6.07, 6.45) is 1.93. The Kier molecular flexibility index (Phi) is 34.6. The highest BCUT2D eigenvalue weighted by Gasteiger charge is 1.60. The van der Waals surface area contributed by atoms with Gasteiger partial charge in [-0.2, -0.15) is 5.26 Å². The van der Waals surface area contributed by atoms with E-state index in [1.54, 1.807) is 6.07 Å².